The van der Waals surface area contributed by atoms with E-state index in [1.165, 1.54) is 31.3 Å². The van der Waals surface area contributed by atoms with Gasteiger partial charge < -0.3 is 10.6 Å². The van der Waals surface area contributed by atoms with Crippen molar-refractivity contribution in [3.05, 3.63) is 59.7 Å². The standard InChI is InChI=1S/C18H19N3O4S/c1-19-17(22)13-3-2-4-15(11-13)20-18(23)12-5-9-16(10-6-12)26(24,25)21-14-7-8-14/h2-6,9-11,14,21H,7-8H2,1H3,(H,19,22)(H,20,23). The van der Waals surface area contributed by atoms with E-state index in [0.29, 0.717) is 16.8 Å². The van der Waals surface area contributed by atoms with Gasteiger partial charge in [-0.25, -0.2) is 13.1 Å². The molecule has 0 saturated heterocycles. The summed E-state index contributed by atoms with van der Waals surface area (Å²) in [6.45, 7) is 0. The molecule has 0 bridgehead atoms. The van der Waals surface area contributed by atoms with Crippen LogP contribution in [0.3, 0.4) is 0 Å². The van der Waals surface area contributed by atoms with Gasteiger partial charge >= 0.3 is 0 Å². The maximum atomic E-state index is 12.3. The number of hydrogen-bond donors (Lipinski definition) is 3. The molecule has 0 atom stereocenters. The highest BCUT2D eigenvalue weighted by Gasteiger charge is 2.27. The smallest absolute Gasteiger partial charge is 0.255 e. The van der Waals surface area contributed by atoms with Gasteiger partial charge in [-0.1, -0.05) is 6.07 Å². The predicted molar refractivity (Wildman–Crippen MR) is 97.6 cm³/mol. The first-order valence-electron chi connectivity index (χ1n) is 8.15. The van der Waals surface area contributed by atoms with E-state index in [9.17, 15) is 18.0 Å². The Balaban J connectivity index is 1.71. The van der Waals surface area contributed by atoms with E-state index < -0.39 is 15.9 Å². The Morgan fingerprint density at radius 3 is 2.27 bits per heavy atom. The normalized spacial score (nSPS) is 13.9. The van der Waals surface area contributed by atoms with Crippen LogP contribution in [-0.2, 0) is 10.0 Å². The molecule has 0 aromatic heterocycles. The molecule has 0 radical (unpaired) electrons. The SMILES string of the molecule is CNC(=O)c1cccc(NC(=O)c2ccc(S(=O)(=O)NC3CC3)cc2)c1. The Kier molecular flexibility index (Phi) is 5.06. The zero-order valence-electron chi connectivity index (χ0n) is 14.2. The van der Waals surface area contributed by atoms with Crippen molar-refractivity contribution >= 4 is 27.5 Å². The molecule has 136 valence electrons. The van der Waals surface area contributed by atoms with Gasteiger partial charge in [-0.05, 0) is 55.3 Å². The van der Waals surface area contributed by atoms with Crippen LogP contribution < -0.4 is 15.4 Å². The molecule has 2 aromatic rings. The molecule has 1 saturated carbocycles. The summed E-state index contributed by atoms with van der Waals surface area (Å²) in [6, 6.07) is 12.3. The van der Waals surface area contributed by atoms with Crippen molar-refractivity contribution in [2.45, 2.75) is 23.8 Å². The van der Waals surface area contributed by atoms with E-state index in [1.54, 1.807) is 24.3 Å². The average Bonchev–Trinajstić information content (AvgIpc) is 3.44. The summed E-state index contributed by atoms with van der Waals surface area (Å²) in [6.07, 6.45) is 1.71. The van der Waals surface area contributed by atoms with Crippen molar-refractivity contribution in [1.29, 1.82) is 0 Å². The quantitative estimate of drug-likeness (QED) is 0.717. The highest BCUT2D eigenvalue weighted by atomic mass is 32.2. The van der Waals surface area contributed by atoms with E-state index in [0.717, 1.165) is 12.8 Å². The summed E-state index contributed by atoms with van der Waals surface area (Å²) >= 11 is 0. The Labute approximate surface area is 151 Å². The highest BCUT2D eigenvalue weighted by molar-refractivity contribution is 7.89. The molecule has 1 aliphatic carbocycles. The summed E-state index contributed by atoms with van der Waals surface area (Å²) in [5, 5.41) is 5.21. The van der Waals surface area contributed by atoms with E-state index in [4.69, 9.17) is 0 Å². The second kappa shape index (κ2) is 7.27. The summed E-state index contributed by atoms with van der Waals surface area (Å²) in [7, 11) is -2.01. The third-order valence-corrected chi connectivity index (χ3v) is 5.47. The fraction of sp³-hybridized carbons (Fsp3) is 0.222. The van der Waals surface area contributed by atoms with E-state index in [1.807, 2.05) is 0 Å². The lowest BCUT2D eigenvalue weighted by molar-refractivity contribution is 0.0961. The first-order chi connectivity index (χ1) is 12.4. The number of amides is 2. The third-order valence-electron chi connectivity index (χ3n) is 3.94. The Bertz CT molecular complexity index is 935. The summed E-state index contributed by atoms with van der Waals surface area (Å²) < 4.78 is 26.9. The van der Waals surface area contributed by atoms with Gasteiger partial charge in [0.25, 0.3) is 11.8 Å². The summed E-state index contributed by atoms with van der Waals surface area (Å²) in [5.74, 6) is -0.642. The fourth-order valence-electron chi connectivity index (χ4n) is 2.36. The lowest BCUT2D eigenvalue weighted by atomic mass is 10.1. The molecule has 0 spiro atoms. The molecular weight excluding hydrogens is 354 g/mol. The molecule has 8 heteroatoms. The zero-order chi connectivity index (χ0) is 18.7. The summed E-state index contributed by atoms with van der Waals surface area (Å²) in [5.41, 5.74) is 1.22. The monoisotopic (exact) mass is 373 g/mol. The van der Waals surface area contributed by atoms with E-state index >= 15 is 0 Å². The van der Waals surface area contributed by atoms with Crippen molar-refractivity contribution < 1.29 is 18.0 Å². The van der Waals surface area contributed by atoms with Crippen molar-refractivity contribution in [2.24, 2.45) is 0 Å². The van der Waals surface area contributed by atoms with Crippen molar-refractivity contribution in [2.75, 3.05) is 12.4 Å². The van der Waals surface area contributed by atoms with Crippen LogP contribution in [0.2, 0.25) is 0 Å². The average molecular weight is 373 g/mol. The molecule has 3 rings (SSSR count). The van der Waals surface area contributed by atoms with Crippen molar-refractivity contribution in [3.8, 4) is 0 Å². The number of nitrogens with one attached hydrogen (secondary N) is 3. The van der Waals surface area contributed by atoms with Crippen LogP contribution in [0.25, 0.3) is 0 Å². The lowest BCUT2D eigenvalue weighted by Crippen LogP contribution is -2.25. The van der Waals surface area contributed by atoms with Gasteiger partial charge in [0.15, 0.2) is 0 Å². The Morgan fingerprint density at radius 1 is 0.962 bits per heavy atom. The van der Waals surface area contributed by atoms with Gasteiger partial charge in [0.2, 0.25) is 10.0 Å². The Morgan fingerprint density at radius 2 is 1.65 bits per heavy atom. The largest absolute Gasteiger partial charge is 0.355 e. The van der Waals surface area contributed by atoms with E-state index in [-0.39, 0.29) is 16.8 Å². The predicted octanol–water partition coefficient (Wildman–Crippen LogP) is 1.74. The van der Waals surface area contributed by atoms with Gasteiger partial charge in [0.05, 0.1) is 4.90 Å². The van der Waals surface area contributed by atoms with Gasteiger partial charge in [0, 0.05) is 29.9 Å². The second-order valence-electron chi connectivity index (χ2n) is 6.03. The fourth-order valence-corrected chi connectivity index (χ4v) is 3.66. The molecular formula is C18H19N3O4S. The number of rotatable bonds is 6. The van der Waals surface area contributed by atoms with Gasteiger partial charge in [-0.2, -0.15) is 0 Å². The van der Waals surface area contributed by atoms with Gasteiger partial charge in [0.1, 0.15) is 0 Å². The first kappa shape index (κ1) is 18.1. The minimum absolute atomic E-state index is 0.0237. The number of carbonyl (C=O) groups excluding carboxylic acids is 2. The van der Waals surface area contributed by atoms with Crippen molar-refractivity contribution in [1.82, 2.24) is 10.0 Å². The number of anilines is 1. The minimum atomic E-state index is -3.54. The number of sulfonamides is 1. The molecule has 7 nitrogen and oxygen atoms in total. The Hall–Kier alpha value is -2.71. The number of carbonyl (C=O) groups is 2. The first-order valence-corrected chi connectivity index (χ1v) is 9.63. The molecule has 2 amide bonds. The number of benzene rings is 2. The van der Waals surface area contributed by atoms with Crippen LogP contribution in [0.15, 0.2) is 53.4 Å². The van der Waals surface area contributed by atoms with E-state index in [2.05, 4.69) is 15.4 Å². The zero-order valence-corrected chi connectivity index (χ0v) is 15.0. The molecule has 0 heterocycles. The van der Waals surface area contributed by atoms with Crippen LogP contribution in [0.4, 0.5) is 5.69 Å². The molecule has 2 aromatic carbocycles. The molecule has 0 unspecified atom stereocenters. The van der Waals surface area contributed by atoms with Crippen molar-refractivity contribution in [3.63, 3.8) is 0 Å². The summed E-state index contributed by atoms with van der Waals surface area (Å²) in [4.78, 5) is 24.1. The highest BCUT2D eigenvalue weighted by Crippen LogP contribution is 2.22. The molecule has 1 aliphatic rings. The van der Waals surface area contributed by atoms with Crippen LogP contribution in [-0.4, -0.2) is 33.3 Å². The van der Waals surface area contributed by atoms with Gasteiger partial charge in [-0.3, -0.25) is 9.59 Å². The topological polar surface area (TPSA) is 104 Å². The van der Waals surface area contributed by atoms with Crippen LogP contribution in [0.1, 0.15) is 33.6 Å². The number of hydrogen-bond acceptors (Lipinski definition) is 4. The molecule has 26 heavy (non-hydrogen) atoms. The maximum Gasteiger partial charge on any atom is 0.255 e. The van der Waals surface area contributed by atoms with Crippen LogP contribution >= 0.6 is 0 Å². The lowest BCUT2D eigenvalue weighted by Gasteiger charge is -2.09. The van der Waals surface area contributed by atoms with Gasteiger partial charge in [-0.15, -0.1) is 0 Å². The molecule has 1 fully saturated rings. The second-order valence-corrected chi connectivity index (χ2v) is 7.75. The maximum absolute atomic E-state index is 12.3. The van der Waals surface area contributed by atoms with Crippen LogP contribution in [0, 0.1) is 0 Å². The third kappa shape index (κ3) is 4.27. The molecule has 3 N–H and O–H groups in total. The van der Waals surface area contributed by atoms with Crippen LogP contribution in [0.5, 0.6) is 0 Å². The minimum Gasteiger partial charge on any atom is -0.355 e. The molecule has 0 aliphatic heterocycles.